The molecule has 1 aromatic carbocycles. The summed E-state index contributed by atoms with van der Waals surface area (Å²) in [7, 11) is -3.91. The van der Waals surface area contributed by atoms with Crippen molar-refractivity contribution >= 4 is 22.5 Å². The molecular formula is C10H9FO5S. The average Bonchev–Trinajstić information content (AvgIpc) is 2.26. The lowest BCUT2D eigenvalue weighted by Gasteiger charge is -2.07. The summed E-state index contributed by atoms with van der Waals surface area (Å²) in [5.74, 6) is -0.849. The molecule has 0 amide bonds. The average molecular weight is 260 g/mol. The van der Waals surface area contributed by atoms with Gasteiger partial charge in [0, 0.05) is 5.56 Å². The van der Waals surface area contributed by atoms with Crippen LogP contribution < -0.4 is 0 Å². The van der Waals surface area contributed by atoms with Gasteiger partial charge in [0.25, 0.3) is 0 Å². The summed E-state index contributed by atoms with van der Waals surface area (Å²) in [5, 5.41) is 0. The molecule has 0 aliphatic carbocycles. The highest BCUT2D eigenvalue weighted by Gasteiger charge is 2.21. The fraction of sp³-hybridized carbons (Fsp3) is 0.200. The van der Waals surface area contributed by atoms with E-state index < -0.39 is 21.1 Å². The lowest BCUT2D eigenvalue weighted by atomic mass is 10.1. The zero-order valence-electron chi connectivity index (χ0n) is 9.06. The minimum atomic E-state index is -5.00. The predicted octanol–water partition coefficient (Wildman–Crippen LogP) is 1.25. The largest absolute Gasteiger partial charge is 0.465 e. The van der Waals surface area contributed by atoms with Crippen molar-refractivity contribution in [3.63, 3.8) is 0 Å². The van der Waals surface area contributed by atoms with Crippen molar-refractivity contribution in [2.75, 3.05) is 7.11 Å². The summed E-state index contributed by atoms with van der Waals surface area (Å²) < 4.78 is 39.0. The summed E-state index contributed by atoms with van der Waals surface area (Å²) >= 11 is 0. The van der Waals surface area contributed by atoms with Crippen LogP contribution in [0.1, 0.15) is 26.3 Å². The molecule has 0 unspecified atom stereocenters. The minimum absolute atomic E-state index is 0.0462. The summed E-state index contributed by atoms with van der Waals surface area (Å²) in [6.07, 6.45) is 0.344. The van der Waals surface area contributed by atoms with Gasteiger partial charge >= 0.3 is 16.2 Å². The van der Waals surface area contributed by atoms with Gasteiger partial charge in [-0.2, -0.15) is 8.42 Å². The molecule has 0 heterocycles. The van der Waals surface area contributed by atoms with Crippen molar-refractivity contribution in [3.8, 4) is 0 Å². The Labute approximate surface area is 97.4 Å². The molecule has 17 heavy (non-hydrogen) atoms. The van der Waals surface area contributed by atoms with E-state index in [2.05, 4.69) is 4.74 Å². The fourth-order valence-electron chi connectivity index (χ4n) is 1.32. The van der Waals surface area contributed by atoms with Crippen molar-refractivity contribution in [2.24, 2.45) is 0 Å². The maximum absolute atomic E-state index is 12.9. The number of methoxy groups -OCH3 is 1. The lowest BCUT2D eigenvalue weighted by molar-refractivity contribution is 0.0600. The number of hydrogen-bond donors (Lipinski definition) is 0. The second-order valence-corrected chi connectivity index (χ2v) is 4.55. The Hall–Kier alpha value is -1.76. The highest BCUT2D eigenvalue weighted by atomic mass is 32.3. The highest BCUT2D eigenvalue weighted by Crippen LogP contribution is 2.22. The fourth-order valence-corrected chi connectivity index (χ4v) is 2.07. The van der Waals surface area contributed by atoms with E-state index in [1.807, 2.05) is 0 Å². The molecule has 0 radical (unpaired) electrons. The van der Waals surface area contributed by atoms with Gasteiger partial charge < -0.3 is 4.74 Å². The Bertz CT molecular complexity index is 577. The normalized spacial score (nSPS) is 11.0. The Balaban J connectivity index is 3.61. The van der Waals surface area contributed by atoms with Crippen LogP contribution in [0.25, 0.3) is 0 Å². The third-order valence-corrected chi connectivity index (χ3v) is 3.16. The van der Waals surface area contributed by atoms with E-state index in [1.165, 1.54) is 6.92 Å². The number of carbonyl (C=O) groups excluding carboxylic acids is 2. The second kappa shape index (κ2) is 4.62. The van der Waals surface area contributed by atoms with E-state index in [0.717, 1.165) is 19.2 Å². The van der Waals surface area contributed by atoms with Crippen molar-refractivity contribution in [1.82, 2.24) is 0 Å². The van der Waals surface area contributed by atoms with Gasteiger partial charge in [-0.05, 0) is 24.6 Å². The van der Waals surface area contributed by atoms with Crippen LogP contribution in [0.4, 0.5) is 3.89 Å². The predicted molar refractivity (Wildman–Crippen MR) is 56.2 cm³/mol. The first-order chi connectivity index (χ1) is 7.81. The highest BCUT2D eigenvalue weighted by molar-refractivity contribution is 7.86. The Morgan fingerprint density at radius 3 is 2.41 bits per heavy atom. The minimum Gasteiger partial charge on any atom is -0.465 e. The first kappa shape index (κ1) is 13.3. The van der Waals surface area contributed by atoms with Crippen LogP contribution in [-0.4, -0.2) is 27.8 Å². The van der Waals surface area contributed by atoms with Gasteiger partial charge in [-0.25, -0.2) is 4.79 Å². The number of aldehydes is 1. The van der Waals surface area contributed by atoms with Crippen LogP contribution >= 0.6 is 0 Å². The molecule has 7 heteroatoms. The molecule has 0 saturated carbocycles. The standard InChI is InChI=1S/C10H9FO5S/c1-6-8(5-12)3-7(10(13)16-2)4-9(6)17(11,14)15/h3-5H,1-2H3. The van der Waals surface area contributed by atoms with E-state index in [9.17, 15) is 21.9 Å². The second-order valence-electron chi connectivity index (χ2n) is 3.24. The molecular weight excluding hydrogens is 251 g/mol. The van der Waals surface area contributed by atoms with E-state index in [-0.39, 0.29) is 16.7 Å². The van der Waals surface area contributed by atoms with Crippen molar-refractivity contribution < 1.29 is 26.6 Å². The summed E-state index contributed by atoms with van der Waals surface area (Å²) in [4.78, 5) is 21.2. The molecule has 0 aliphatic heterocycles. The zero-order valence-corrected chi connectivity index (χ0v) is 9.88. The number of esters is 1. The van der Waals surface area contributed by atoms with Crippen LogP contribution in [0, 0.1) is 6.92 Å². The molecule has 0 N–H and O–H groups in total. The zero-order chi connectivity index (χ0) is 13.2. The summed E-state index contributed by atoms with van der Waals surface area (Å²) in [6.45, 7) is 1.28. The van der Waals surface area contributed by atoms with E-state index in [1.54, 1.807) is 0 Å². The van der Waals surface area contributed by atoms with Crippen LogP contribution in [0.5, 0.6) is 0 Å². The molecule has 1 rings (SSSR count). The molecule has 0 aliphatic rings. The molecule has 0 aromatic heterocycles. The van der Waals surface area contributed by atoms with Crippen LogP contribution in [-0.2, 0) is 15.0 Å². The number of carbonyl (C=O) groups is 2. The molecule has 92 valence electrons. The van der Waals surface area contributed by atoms with Gasteiger partial charge in [0.15, 0.2) is 0 Å². The van der Waals surface area contributed by atoms with Crippen LogP contribution in [0.2, 0.25) is 0 Å². The molecule has 0 saturated heterocycles. The van der Waals surface area contributed by atoms with Crippen molar-refractivity contribution in [3.05, 3.63) is 28.8 Å². The van der Waals surface area contributed by atoms with Crippen LogP contribution in [0.3, 0.4) is 0 Å². The smallest absolute Gasteiger partial charge is 0.337 e. The van der Waals surface area contributed by atoms with E-state index in [0.29, 0.717) is 6.29 Å². The molecule has 1 aromatic rings. The van der Waals surface area contributed by atoms with Crippen LogP contribution in [0.15, 0.2) is 17.0 Å². The maximum atomic E-state index is 12.9. The Kier molecular flexibility index (Phi) is 3.62. The van der Waals surface area contributed by atoms with E-state index >= 15 is 0 Å². The van der Waals surface area contributed by atoms with Gasteiger partial charge in [-0.3, -0.25) is 4.79 Å². The Morgan fingerprint density at radius 1 is 1.41 bits per heavy atom. The topological polar surface area (TPSA) is 77.5 Å². The molecule has 0 bridgehead atoms. The number of hydrogen-bond acceptors (Lipinski definition) is 5. The van der Waals surface area contributed by atoms with E-state index in [4.69, 9.17) is 0 Å². The SMILES string of the molecule is COC(=O)c1cc(C=O)c(C)c(S(=O)(=O)F)c1. The van der Waals surface area contributed by atoms with Crippen molar-refractivity contribution in [2.45, 2.75) is 11.8 Å². The lowest BCUT2D eigenvalue weighted by Crippen LogP contribution is -2.07. The van der Waals surface area contributed by atoms with Gasteiger partial charge in [-0.1, -0.05) is 0 Å². The van der Waals surface area contributed by atoms with Crippen molar-refractivity contribution in [1.29, 1.82) is 0 Å². The first-order valence-electron chi connectivity index (χ1n) is 4.44. The van der Waals surface area contributed by atoms with Gasteiger partial charge in [0.05, 0.1) is 12.7 Å². The monoisotopic (exact) mass is 260 g/mol. The first-order valence-corrected chi connectivity index (χ1v) is 5.82. The Morgan fingerprint density at radius 2 is 2.00 bits per heavy atom. The molecule has 0 spiro atoms. The number of halogens is 1. The summed E-state index contributed by atoms with van der Waals surface area (Å²) in [6, 6.07) is 1.98. The molecule has 0 atom stereocenters. The maximum Gasteiger partial charge on any atom is 0.337 e. The number of rotatable bonds is 3. The number of benzene rings is 1. The third-order valence-electron chi connectivity index (χ3n) is 2.21. The quantitative estimate of drug-likeness (QED) is 0.464. The molecule has 0 fully saturated rings. The molecule has 5 nitrogen and oxygen atoms in total. The summed E-state index contributed by atoms with van der Waals surface area (Å²) in [5.41, 5.74) is -0.323. The van der Waals surface area contributed by atoms with Gasteiger partial charge in [-0.15, -0.1) is 3.89 Å². The third kappa shape index (κ3) is 2.68. The number of ether oxygens (including phenoxy) is 1. The van der Waals surface area contributed by atoms with Gasteiger partial charge in [0.2, 0.25) is 0 Å². The van der Waals surface area contributed by atoms with Gasteiger partial charge in [0.1, 0.15) is 11.2 Å².